The van der Waals surface area contributed by atoms with Crippen LogP contribution in [-0.4, -0.2) is 0 Å². The third-order valence-corrected chi connectivity index (χ3v) is 0. The van der Waals surface area contributed by atoms with Crippen molar-refractivity contribution >= 4 is 0 Å². The minimum Gasteiger partial charge on any atom is -0.373 e. The van der Waals surface area contributed by atoms with Crippen LogP contribution < -0.4 is 0 Å². The van der Waals surface area contributed by atoms with Crippen LogP contribution >= 0.6 is 0 Å². The molecule has 13 heteroatoms. The summed E-state index contributed by atoms with van der Waals surface area (Å²) in [7, 11) is 0. The smallest absolute Gasteiger partial charge is 0.373 e. The van der Waals surface area contributed by atoms with E-state index in [-0.39, 0.29) is 26.2 Å². The third-order valence-electron chi connectivity index (χ3n) is 0. The topological polar surface area (TPSA) is 235 Å². The van der Waals surface area contributed by atoms with Gasteiger partial charge in [0.25, 0.3) is 0 Å². The maximum absolute atomic E-state index is 6.75. The van der Waals surface area contributed by atoms with E-state index in [1.54, 1.807) is 0 Å². The predicted molar refractivity (Wildman–Crippen MR) is 40.3 cm³/mol. The molecule has 0 radical (unpaired) electrons. The average molecular weight is 259 g/mol. The quantitative estimate of drug-likeness (QED) is 0.344. The first kappa shape index (κ1) is 30.4. The first-order valence-corrected chi connectivity index (χ1v) is 1.60. The molecule has 0 unspecified atom stereocenters. The molecule has 0 aliphatic rings. The summed E-state index contributed by atoms with van der Waals surface area (Å²) in [5.74, 6) is 0. The summed E-state index contributed by atoms with van der Waals surface area (Å²) in [6, 6.07) is 0. The number of hydrogen-bond donors (Lipinski definition) is 0. The average Bonchev–Trinajstić information content (AvgIpc) is 1.92. The molecule has 0 aromatic rings. The van der Waals surface area contributed by atoms with Gasteiger partial charge in [-0.25, -0.2) is 0 Å². The van der Waals surface area contributed by atoms with Crippen molar-refractivity contribution in [2.75, 3.05) is 0 Å². The van der Waals surface area contributed by atoms with Crippen LogP contribution in [0.5, 0.6) is 0 Å². The molecule has 12 nitrogen and oxygen atoms in total. The largest absolute Gasteiger partial charge is 4.00 e. The molecule has 0 aliphatic carbocycles. The van der Waals surface area contributed by atoms with E-state index < -0.39 is 0 Å². The van der Waals surface area contributed by atoms with Gasteiger partial charge in [-0.15, -0.1) is 0 Å². The minimum atomic E-state index is 0. The monoisotopic (exact) mass is 258 g/mol. The van der Waals surface area contributed by atoms with Crippen molar-refractivity contribution in [3.8, 4) is 0 Å². The Balaban J connectivity index is -0.0000000213. The fourth-order valence-corrected chi connectivity index (χ4v) is 0. The minimum absolute atomic E-state index is 0. The zero-order valence-corrected chi connectivity index (χ0v) is 8.32. The van der Waals surface area contributed by atoms with Crippen LogP contribution in [0.2, 0.25) is 0 Å². The Hall–Kier alpha value is -1.88. The van der Waals surface area contributed by atoms with E-state index in [4.69, 9.17) is 44.2 Å². The molecule has 0 aliphatic heterocycles. The van der Waals surface area contributed by atoms with Crippen LogP contribution in [0.1, 0.15) is 0 Å². The molecule has 0 amide bonds. The molecule has 0 saturated carbocycles. The Morgan fingerprint density at radius 2 is 0.385 bits per heavy atom. The van der Waals surface area contributed by atoms with Crippen molar-refractivity contribution < 1.29 is 26.2 Å². The van der Waals surface area contributed by atoms with Crippen molar-refractivity contribution in [1.29, 1.82) is 0 Å². The fourth-order valence-electron chi connectivity index (χ4n) is 0. The van der Waals surface area contributed by atoms with Gasteiger partial charge in [0.1, 0.15) is 0 Å². The van der Waals surface area contributed by atoms with E-state index in [0.717, 1.165) is 0 Å². The number of hydrogen-bond acceptors (Lipinski definition) is 0. The Morgan fingerprint density at radius 1 is 0.385 bits per heavy atom. The standard InChI is InChI=1S/4N3.Zr/c4*1-3-2;/q4*-1;+4. The van der Waals surface area contributed by atoms with Gasteiger partial charge in [-0.05, 0) is 0 Å². The van der Waals surface area contributed by atoms with Crippen molar-refractivity contribution in [2.24, 2.45) is 0 Å². The van der Waals surface area contributed by atoms with Gasteiger partial charge in [-0.3, -0.25) is 19.6 Å². The molecule has 0 rings (SSSR count). The molecular formula is N12Zr. The summed E-state index contributed by atoms with van der Waals surface area (Å²) in [6.45, 7) is 0. The molecule has 0 fully saturated rings. The normalized spacial score (nSPS) is 2.46. The molecule has 0 saturated heterocycles. The van der Waals surface area contributed by atoms with E-state index in [9.17, 15) is 0 Å². The molecule has 0 aromatic heterocycles. The zero-order chi connectivity index (χ0) is 10.8. The molecule has 0 aromatic carbocycles. The molecule has 0 heterocycles. The Bertz CT molecular complexity index is 137. The second-order valence-electron chi connectivity index (χ2n) is 0.358. The van der Waals surface area contributed by atoms with E-state index in [1.807, 2.05) is 0 Å². The van der Waals surface area contributed by atoms with Gasteiger partial charge >= 0.3 is 26.2 Å². The van der Waals surface area contributed by atoms with Crippen molar-refractivity contribution in [3.63, 3.8) is 0 Å². The molecule has 64 valence electrons. The Morgan fingerprint density at radius 3 is 0.385 bits per heavy atom. The van der Waals surface area contributed by atoms with Gasteiger partial charge in [-0.2, -0.15) is 0 Å². The summed E-state index contributed by atoms with van der Waals surface area (Å²) in [5.41, 5.74) is 54.0. The summed E-state index contributed by atoms with van der Waals surface area (Å²) >= 11 is 0. The summed E-state index contributed by atoms with van der Waals surface area (Å²) in [4.78, 5) is 6.00. The van der Waals surface area contributed by atoms with Crippen LogP contribution in [-0.2, 0) is 26.2 Å². The SMILES string of the molecule is [N-]=[N+]=[N-].[N-]=[N+]=[N-].[N-]=[N+]=[N-].[N-]=[N+]=[N-].[Zr+4]. The van der Waals surface area contributed by atoms with Crippen LogP contribution in [0.25, 0.3) is 63.9 Å². The fraction of sp³-hybridized carbons (Fsp3) is 0. The van der Waals surface area contributed by atoms with Crippen LogP contribution in [0, 0.1) is 0 Å². The second kappa shape index (κ2) is 187. The second-order valence-corrected chi connectivity index (χ2v) is 0.358. The van der Waals surface area contributed by atoms with Gasteiger partial charge in [0.05, 0.1) is 0 Å². The maximum Gasteiger partial charge on any atom is 4.00 e. The molecule has 0 atom stereocenters. The third kappa shape index (κ3) is 190. The van der Waals surface area contributed by atoms with Gasteiger partial charge in [0.15, 0.2) is 0 Å². The van der Waals surface area contributed by atoms with Crippen LogP contribution in [0.15, 0.2) is 0 Å². The predicted octanol–water partition coefficient (Wildman–Crippen LogP) is 3.46. The maximum atomic E-state index is 6.75. The van der Waals surface area contributed by atoms with Gasteiger partial charge in [-0.1, -0.05) is 0 Å². The summed E-state index contributed by atoms with van der Waals surface area (Å²) in [5, 5.41) is 0. The zero-order valence-electron chi connectivity index (χ0n) is 5.87. The molecule has 0 bridgehead atoms. The van der Waals surface area contributed by atoms with Crippen LogP contribution in [0.3, 0.4) is 0 Å². The van der Waals surface area contributed by atoms with Crippen molar-refractivity contribution in [1.82, 2.24) is 0 Å². The summed E-state index contributed by atoms with van der Waals surface area (Å²) < 4.78 is 0. The molecular weight excluding hydrogens is 259 g/mol. The van der Waals surface area contributed by atoms with E-state index in [1.165, 1.54) is 19.6 Å². The van der Waals surface area contributed by atoms with Gasteiger partial charge in [0, 0.05) is 0 Å². The van der Waals surface area contributed by atoms with E-state index in [2.05, 4.69) is 0 Å². The van der Waals surface area contributed by atoms with E-state index >= 15 is 0 Å². The first-order chi connectivity index (χ1) is 5.66. The molecule has 0 N–H and O–H groups in total. The van der Waals surface area contributed by atoms with Crippen molar-refractivity contribution in [3.05, 3.63) is 63.9 Å². The Labute approximate surface area is 90.3 Å². The number of rotatable bonds is 0. The van der Waals surface area contributed by atoms with E-state index in [0.29, 0.717) is 0 Å². The van der Waals surface area contributed by atoms with Crippen molar-refractivity contribution in [2.45, 2.75) is 0 Å². The summed E-state index contributed by atoms with van der Waals surface area (Å²) in [6.07, 6.45) is 0. The van der Waals surface area contributed by atoms with Gasteiger partial charge in [0.2, 0.25) is 0 Å². The first-order valence-electron chi connectivity index (χ1n) is 1.60. The number of nitrogens with zero attached hydrogens (tertiary/aromatic N) is 12. The van der Waals surface area contributed by atoms with Crippen LogP contribution in [0.4, 0.5) is 0 Å². The molecule has 0 spiro atoms. The van der Waals surface area contributed by atoms with Gasteiger partial charge < -0.3 is 44.2 Å². The Kier molecular flexibility index (Phi) is 437. The molecule has 13 heavy (non-hydrogen) atoms.